The molecule has 0 nitrogen and oxygen atoms in total. The zero-order valence-electron chi connectivity index (χ0n) is 7.00. The van der Waals surface area contributed by atoms with Gasteiger partial charge in [-0.25, -0.2) is 0 Å². The Balaban J connectivity index is 2.89. The van der Waals surface area contributed by atoms with Crippen molar-refractivity contribution in [2.24, 2.45) is 5.41 Å². The summed E-state index contributed by atoms with van der Waals surface area (Å²) in [4.78, 5) is 0. The van der Waals surface area contributed by atoms with E-state index in [0.29, 0.717) is 5.41 Å². The van der Waals surface area contributed by atoms with Crippen LogP contribution in [0.5, 0.6) is 0 Å². The van der Waals surface area contributed by atoms with Gasteiger partial charge in [-0.3, -0.25) is 0 Å². The average Bonchev–Trinajstić information content (AvgIpc) is 1.83. The summed E-state index contributed by atoms with van der Waals surface area (Å²) in [6.45, 7) is 6.84. The molecule has 58 valence electrons. The monoisotopic (exact) mass is 202 g/mol. The van der Waals surface area contributed by atoms with Crippen LogP contribution in [0.4, 0.5) is 0 Å². The van der Waals surface area contributed by atoms with Crippen LogP contribution in [0.15, 0.2) is 10.1 Å². The van der Waals surface area contributed by atoms with E-state index in [-0.39, 0.29) is 0 Å². The van der Waals surface area contributed by atoms with E-state index in [9.17, 15) is 0 Å². The molecule has 0 saturated heterocycles. The second-order valence-corrected chi connectivity index (χ2v) is 4.62. The molecule has 0 radical (unpaired) electrons. The highest BCUT2D eigenvalue weighted by molar-refractivity contribution is 9.11. The van der Waals surface area contributed by atoms with E-state index in [0.717, 1.165) is 0 Å². The number of hydrogen-bond acceptors (Lipinski definition) is 0. The summed E-state index contributed by atoms with van der Waals surface area (Å²) in [7, 11) is 0. The standard InChI is InChI=1S/C9H15Br/c1-7-5-4-6-9(2,3)8(7)10/h4-6H2,1-3H3. The first-order chi connectivity index (χ1) is 4.54. The largest absolute Gasteiger partial charge is 0.0626 e. The molecule has 0 bridgehead atoms. The van der Waals surface area contributed by atoms with Crippen LogP contribution in [-0.4, -0.2) is 0 Å². The summed E-state index contributed by atoms with van der Waals surface area (Å²) in [5, 5.41) is 0. The summed E-state index contributed by atoms with van der Waals surface area (Å²) >= 11 is 3.65. The topological polar surface area (TPSA) is 0 Å². The van der Waals surface area contributed by atoms with Crippen LogP contribution >= 0.6 is 15.9 Å². The Morgan fingerprint density at radius 1 is 1.40 bits per heavy atom. The van der Waals surface area contributed by atoms with Gasteiger partial charge in [-0.05, 0) is 36.1 Å². The second-order valence-electron chi connectivity index (χ2n) is 3.83. The Hall–Kier alpha value is 0.220. The van der Waals surface area contributed by atoms with E-state index >= 15 is 0 Å². The Labute approximate surface area is 71.8 Å². The Bertz CT molecular complexity index is 166. The van der Waals surface area contributed by atoms with Gasteiger partial charge in [-0.2, -0.15) is 0 Å². The van der Waals surface area contributed by atoms with Crippen LogP contribution in [0.1, 0.15) is 40.0 Å². The van der Waals surface area contributed by atoms with Crippen LogP contribution in [-0.2, 0) is 0 Å². The van der Waals surface area contributed by atoms with Crippen molar-refractivity contribution in [3.8, 4) is 0 Å². The first kappa shape index (κ1) is 8.32. The molecule has 0 unspecified atom stereocenters. The van der Waals surface area contributed by atoms with Crippen LogP contribution in [0.2, 0.25) is 0 Å². The van der Waals surface area contributed by atoms with Gasteiger partial charge < -0.3 is 0 Å². The average molecular weight is 203 g/mol. The van der Waals surface area contributed by atoms with Crippen LogP contribution in [0, 0.1) is 5.41 Å². The highest BCUT2D eigenvalue weighted by Gasteiger charge is 2.26. The summed E-state index contributed by atoms with van der Waals surface area (Å²) < 4.78 is 1.44. The molecule has 0 atom stereocenters. The quantitative estimate of drug-likeness (QED) is 0.560. The molecular formula is C9H15Br. The van der Waals surface area contributed by atoms with Crippen molar-refractivity contribution in [2.45, 2.75) is 40.0 Å². The van der Waals surface area contributed by atoms with Crippen molar-refractivity contribution in [1.29, 1.82) is 0 Å². The van der Waals surface area contributed by atoms with Gasteiger partial charge >= 0.3 is 0 Å². The molecule has 0 fully saturated rings. The lowest BCUT2D eigenvalue weighted by Crippen LogP contribution is -2.16. The smallest absolute Gasteiger partial charge is 0.000376 e. The van der Waals surface area contributed by atoms with Crippen LogP contribution in [0.3, 0.4) is 0 Å². The SMILES string of the molecule is CC1=C(Br)C(C)(C)CCC1. The van der Waals surface area contributed by atoms with Gasteiger partial charge in [-0.15, -0.1) is 0 Å². The van der Waals surface area contributed by atoms with Crippen molar-refractivity contribution in [3.05, 3.63) is 10.1 Å². The predicted molar refractivity (Wildman–Crippen MR) is 49.3 cm³/mol. The van der Waals surface area contributed by atoms with E-state index in [1.807, 2.05) is 0 Å². The van der Waals surface area contributed by atoms with Gasteiger partial charge in [0.1, 0.15) is 0 Å². The molecule has 1 aliphatic carbocycles. The Kier molecular flexibility index (Phi) is 2.24. The van der Waals surface area contributed by atoms with E-state index in [1.54, 1.807) is 0 Å². The van der Waals surface area contributed by atoms with Gasteiger partial charge in [0.15, 0.2) is 0 Å². The highest BCUT2D eigenvalue weighted by Crippen LogP contribution is 2.42. The molecule has 0 heterocycles. The molecule has 1 heteroatoms. The third kappa shape index (κ3) is 1.45. The molecule has 0 aromatic heterocycles. The maximum atomic E-state index is 3.65. The van der Waals surface area contributed by atoms with Gasteiger partial charge in [-0.1, -0.05) is 35.4 Å². The number of rotatable bonds is 0. The molecule has 1 rings (SSSR count). The van der Waals surface area contributed by atoms with Gasteiger partial charge in [0.2, 0.25) is 0 Å². The van der Waals surface area contributed by atoms with Gasteiger partial charge in [0, 0.05) is 0 Å². The molecule has 0 aromatic carbocycles. The number of allylic oxidation sites excluding steroid dienone is 2. The van der Waals surface area contributed by atoms with Gasteiger partial charge in [0.05, 0.1) is 0 Å². The molecule has 0 aromatic rings. The molecule has 1 aliphatic rings. The maximum absolute atomic E-state index is 3.65. The fourth-order valence-electron chi connectivity index (χ4n) is 1.59. The van der Waals surface area contributed by atoms with E-state index in [1.165, 1.54) is 29.3 Å². The maximum Gasteiger partial charge on any atom is -0.000376 e. The highest BCUT2D eigenvalue weighted by atomic mass is 79.9. The fourth-order valence-corrected chi connectivity index (χ4v) is 1.99. The molecular weight excluding hydrogens is 188 g/mol. The van der Waals surface area contributed by atoms with Crippen molar-refractivity contribution < 1.29 is 0 Å². The lowest BCUT2D eigenvalue weighted by molar-refractivity contribution is 0.391. The number of halogens is 1. The van der Waals surface area contributed by atoms with Crippen molar-refractivity contribution in [2.75, 3.05) is 0 Å². The lowest BCUT2D eigenvalue weighted by Gasteiger charge is -2.30. The van der Waals surface area contributed by atoms with Crippen molar-refractivity contribution >= 4 is 15.9 Å². The molecule has 0 aliphatic heterocycles. The zero-order chi connectivity index (χ0) is 7.78. The molecule has 0 N–H and O–H groups in total. The molecule has 0 saturated carbocycles. The second kappa shape index (κ2) is 2.69. The first-order valence-electron chi connectivity index (χ1n) is 3.90. The summed E-state index contributed by atoms with van der Waals surface area (Å²) in [5.41, 5.74) is 1.94. The molecule has 10 heavy (non-hydrogen) atoms. The minimum Gasteiger partial charge on any atom is -0.0626 e. The van der Waals surface area contributed by atoms with Gasteiger partial charge in [0.25, 0.3) is 0 Å². The summed E-state index contributed by atoms with van der Waals surface area (Å²) in [5.74, 6) is 0. The van der Waals surface area contributed by atoms with Crippen molar-refractivity contribution in [3.63, 3.8) is 0 Å². The van der Waals surface area contributed by atoms with E-state index in [2.05, 4.69) is 36.7 Å². The normalized spacial score (nSPS) is 25.2. The minimum atomic E-state index is 0.405. The third-order valence-corrected chi connectivity index (χ3v) is 4.07. The molecule has 0 spiro atoms. The predicted octanol–water partition coefficient (Wildman–Crippen LogP) is 3.87. The van der Waals surface area contributed by atoms with E-state index < -0.39 is 0 Å². The lowest BCUT2D eigenvalue weighted by atomic mass is 9.80. The fraction of sp³-hybridized carbons (Fsp3) is 0.778. The zero-order valence-corrected chi connectivity index (χ0v) is 8.59. The Morgan fingerprint density at radius 3 is 2.40 bits per heavy atom. The minimum absolute atomic E-state index is 0.405. The number of hydrogen-bond donors (Lipinski definition) is 0. The van der Waals surface area contributed by atoms with Crippen LogP contribution in [0.25, 0.3) is 0 Å². The van der Waals surface area contributed by atoms with Crippen LogP contribution < -0.4 is 0 Å². The summed E-state index contributed by atoms with van der Waals surface area (Å²) in [6.07, 6.45) is 3.96. The van der Waals surface area contributed by atoms with Crippen molar-refractivity contribution in [1.82, 2.24) is 0 Å². The molecule has 0 amide bonds. The first-order valence-corrected chi connectivity index (χ1v) is 4.69. The van der Waals surface area contributed by atoms with E-state index in [4.69, 9.17) is 0 Å². The third-order valence-electron chi connectivity index (χ3n) is 2.32. The Morgan fingerprint density at radius 2 is 2.00 bits per heavy atom. The summed E-state index contributed by atoms with van der Waals surface area (Å²) in [6, 6.07) is 0.